The first-order valence-corrected chi connectivity index (χ1v) is 6.77. The predicted octanol–water partition coefficient (Wildman–Crippen LogP) is 4.39. The molecular weight excluding hydrogens is 321 g/mol. The maximum atomic E-state index is 13.2. The highest BCUT2D eigenvalue weighted by Gasteiger charge is 2.23. The molecular formula is C16H11BrFNO. The number of ketones is 1. The normalized spacial score (nSPS) is 11.7. The molecule has 0 heterocycles. The summed E-state index contributed by atoms with van der Waals surface area (Å²) in [5, 5.41) is 9.25. The van der Waals surface area contributed by atoms with Gasteiger partial charge in [-0.3, -0.25) is 4.79 Å². The van der Waals surface area contributed by atoms with Gasteiger partial charge in [-0.2, -0.15) is 5.26 Å². The minimum Gasteiger partial charge on any atom is -0.292 e. The zero-order valence-corrected chi connectivity index (χ0v) is 12.3. The van der Waals surface area contributed by atoms with Crippen LogP contribution >= 0.6 is 15.9 Å². The summed E-state index contributed by atoms with van der Waals surface area (Å²) in [6.07, 6.45) is 0. The van der Waals surface area contributed by atoms with Gasteiger partial charge in [0, 0.05) is 10.0 Å². The molecule has 100 valence electrons. The third kappa shape index (κ3) is 2.94. The van der Waals surface area contributed by atoms with Crippen molar-refractivity contribution in [3.05, 3.63) is 69.4 Å². The van der Waals surface area contributed by atoms with Crippen LogP contribution < -0.4 is 0 Å². The van der Waals surface area contributed by atoms with E-state index < -0.39 is 11.7 Å². The van der Waals surface area contributed by atoms with Gasteiger partial charge in [0.25, 0.3) is 0 Å². The van der Waals surface area contributed by atoms with Crippen LogP contribution in [0.4, 0.5) is 4.39 Å². The van der Waals surface area contributed by atoms with Crippen molar-refractivity contribution in [2.75, 3.05) is 0 Å². The topological polar surface area (TPSA) is 40.9 Å². The van der Waals surface area contributed by atoms with Gasteiger partial charge in [0.05, 0.1) is 6.07 Å². The number of hydrogen-bond acceptors (Lipinski definition) is 2. The molecule has 0 aliphatic heterocycles. The van der Waals surface area contributed by atoms with Gasteiger partial charge in [-0.15, -0.1) is 0 Å². The zero-order valence-electron chi connectivity index (χ0n) is 10.7. The highest BCUT2D eigenvalue weighted by atomic mass is 79.9. The monoisotopic (exact) mass is 331 g/mol. The second-order valence-electron chi connectivity index (χ2n) is 4.46. The van der Waals surface area contributed by atoms with E-state index in [1.807, 2.05) is 19.1 Å². The molecule has 20 heavy (non-hydrogen) atoms. The SMILES string of the molecule is Cc1ccc(Br)c(C(=O)C(C#N)c2cccc(F)c2)c1. The summed E-state index contributed by atoms with van der Waals surface area (Å²) in [6.45, 7) is 1.87. The smallest absolute Gasteiger partial charge is 0.185 e. The first-order valence-electron chi connectivity index (χ1n) is 5.98. The first-order chi connectivity index (χ1) is 9.52. The number of hydrogen-bond donors (Lipinski definition) is 0. The highest BCUT2D eigenvalue weighted by molar-refractivity contribution is 9.10. The van der Waals surface area contributed by atoms with Crippen molar-refractivity contribution in [2.45, 2.75) is 12.8 Å². The number of benzene rings is 2. The lowest BCUT2D eigenvalue weighted by Crippen LogP contribution is -2.12. The number of Topliss-reactive ketones (excluding diaryl/α,β-unsaturated/α-hetero) is 1. The van der Waals surface area contributed by atoms with Crippen LogP contribution in [0.1, 0.15) is 27.4 Å². The fourth-order valence-corrected chi connectivity index (χ4v) is 2.40. The minimum absolute atomic E-state index is 0.339. The van der Waals surface area contributed by atoms with E-state index >= 15 is 0 Å². The quantitative estimate of drug-likeness (QED) is 0.783. The van der Waals surface area contributed by atoms with Crippen molar-refractivity contribution in [1.82, 2.24) is 0 Å². The fraction of sp³-hybridized carbons (Fsp3) is 0.125. The molecule has 0 spiro atoms. The van der Waals surface area contributed by atoms with Crippen molar-refractivity contribution in [1.29, 1.82) is 5.26 Å². The van der Waals surface area contributed by atoms with Gasteiger partial charge in [-0.05, 0) is 36.8 Å². The summed E-state index contributed by atoms with van der Waals surface area (Å²) in [6, 6.07) is 12.9. The van der Waals surface area contributed by atoms with Gasteiger partial charge in [-0.25, -0.2) is 4.39 Å². The van der Waals surface area contributed by atoms with Crippen LogP contribution in [0.2, 0.25) is 0 Å². The Bertz CT molecular complexity index is 706. The molecule has 0 N–H and O–H groups in total. The van der Waals surface area contributed by atoms with E-state index in [0.717, 1.165) is 5.56 Å². The molecule has 0 aliphatic rings. The third-order valence-electron chi connectivity index (χ3n) is 2.96. The molecule has 0 radical (unpaired) electrons. The van der Waals surface area contributed by atoms with Crippen molar-refractivity contribution >= 4 is 21.7 Å². The van der Waals surface area contributed by atoms with Gasteiger partial charge in [0.2, 0.25) is 0 Å². The molecule has 1 atom stereocenters. The third-order valence-corrected chi connectivity index (χ3v) is 3.65. The Kier molecular flexibility index (Phi) is 4.31. The molecule has 2 aromatic carbocycles. The number of carbonyl (C=O) groups is 1. The van der Waals surface area contributed by atoms with E-state index in [2.05, 4.69) is 15.9 Å². The van der Waals surface area contributed by atoms with Gasteiger partial charge in [-0.1, -0.05) is 39.7 Å². The van der Waals surface area contributed by atoms with Crippen molar-refractivity contribution in [3.63, 3.8) is 0 Å². The van der Waals surface area contributed by atoms with Crippen LogP contribution in [-0.2, 0) is 0 Å². The number of halogens is 2. The molecule has 0 saturated carbocycles. The van der Waals surface area contributed by atoms with E-state index in [-0.39, 0.29) is 5.78 Å². The molecule has 2 rings (SSSR count). The van der Waals surface area contributed by atoms with E-state index in [1.165, 1.54) is 18.2 Å². The number of nitrogens with zero attached hydrogens (tertiary/aromatic N) is 1. The van der Waals surface area contributed by atoms with Gasteiger partial charge in [0.15, 0.2) is 5.78 Å². The molecule has 4 heteroatoms. The van der Waals surface area contributed by atoms with Crippen LogP contribution in [0.15, 0.2) is 46.9 Å². The zero-order chi connectivity index (χ0) is 14.7. The Labute approximate surface area is 125 Å². The first kappa shape index (κ1) is 14.4. The summed E-state index contributed by atoms with van der Waals surface area (Å²) in [7, 11) is 0. The van der Waals surface area contributed by atoms with Crippen LogP contribution in [-0.4, -0.2) is 5.78 Å². The van der Waals surface area contributed by atoms with Crippen LogP contribution in [0.25, 0.3) is 0 Å². The number of nitriles is 1. The van der Waals surface area contributed by atoms with Crippen molar-refractivity contribution in [2.24, 2.45) is 0 Å². The summed E-state index contributed by atoms with van der Waals surface area (Å²) in [5.74, 6) is -1.81. The summed E-state index contributed by atoms with van der Waals surface area (Å²) < 4.78 is 13.9. The number of rotatable bonds is 3. The van der Waals surface area contributed by atoms with Crippen LogP contribution in [0, 0.1) is 24.1 Å². The molecule has 0 fully saturated rings. The molecule has 0 aromatic heterocycles. The molecule has 2 nitrogen and oxygen atoms in total. The van der Waals surface area contributed by atoms with Crippen LogP contribution in [0.5, 0.6) is 0 Å². The maximum Gasteiger partial charge on any atom is 0.185 e. The Morgan fingerprint density at radius 2 is 2.05 bits per heavy atom. The average Bonchev–Trinajstić information content (AvgIpc) is 2.42. The Hall–Kier alpha value is -1.99. The Balaban J connectivity index is 2.45. The van der Waals surface area contributed by atoms with E-state index in [9.17, 15) is 14.4 Å². The second kappa shape index (κ2) is 5.98. The molecule has 0 aliphatic carbocycles. The van der Waals surface area contributed by atoms with E-state index in [4.69, 9.17) is 0 Å². The molecule has 0 saturated heterocycles. The summed E-state index contributed by atoms with van der Waals surface area (Å²) >= 11 is 3.31. The highest BCUT2D eigenvalue weighted by Crippen LogP contribution is 2.26. The Morgan fingerprint density at radius 1 is 1.30 bits per heavy atom. The fourth-order valence-electron chi connectivity index (χ4n) is 1.95. The second-order valence-corrected chi connectivity index (χ2v) is 5.32. The number of carbonyl (C=O) groups excluding carboxylic acids is 1. The van der Waals surface area contributed by atoms with Crippen molar-refractivity contribution < 1.29 is 9.18 Å². The summed E-state index contributed by atoms with van der Waals surface area (Å²) in [4.78, 5) is 12.5. The lowest BCUT2D eigenvalue weighted by atomic mass is 9.91. The van der Waals surface area contributed by atoms with E-state index in [1.54, 1.807) is 18.2 Å². The summed E-state index contributed by atoms with van der Waals surface area (Å²) in [5.41, 5.74) is 1.72. The van der Waals surface area contributed by atoms with Gasteiger partial charge >= 0.3 is 0 Å². The van der Waals surface area contributed by atoms with Crippen molar-refractivity contribution in [3.8, 4) is 6.07 Å². The average molecular weight is 332 g/mol. The minimum atomic E-state index is -1.01. The van der Waals surface area contributed by atoms with Gasteiger partial charge in [0.1, 0.15) is 11.7 Å². The lowest BCUT2D eigenvalue weighted by molar-refractivity contribution is 0.0978. The van der Waals surface area contributed by atoms with E-state index in [0.29, 0.717) is 15.6 Å². The lowest BCUT2D eigenvalue weighted by Gasteiger charge is -2.11. The molecule has 2 aromatic rings. The largest absolute Gasteiger partial charge is 0.292 e. The number of aryl methyl sites for hydroxylation is 1. The Morgan fingerprint density at radius 3 is 2.70 bits per heavy atom. The maximum absolute atomic E-state index is 13.2. The van der Waals surface area contributed by atoms with Crippen LogP contribution in [0.3, 0.4) is 0 Å². The molecule has 0 amide bonds. The molecule has 1 unspecified atom stereocenters. The predicted molar refractivity (Wildman–Crippen MR) is 78.0 cm³/mol. The molecule has 0 bridgehead atoms. The van der Waals surface area contributed by atoms with Gasteiger partial charge < -0.3 is 0 Å². The standard InChI is InChI=1S/C16H11BrFNO/c1-10-5-6-15(17)13(7-10)16(20)14(9-19)11-3-2-4-12(18)8-11/h2-8,14H,1H3.